The number of carbonyl (C=O) groups is 1. The predicted molar refractivity (Wildman–Crippen MR) is 71.5 cm³/mol. The summed E-state index contributed by atoms with van der Waals surface area (Å²) in [5.74, 6) is 0.891. The van der Waals surface area contributed by atoms with Crippen LogP contribution in [-0.4, -0.2) is 35.8 Å². The van der Waals surface area contributed by atoms with E-state index in [1.54, 1.807) is 0 Å². The highest BCUT2D eigenvalue weighted by Crippen LogP contribution is 2.11. The van der Waals surface area contributed by atoms with Gasteiger partial charge in [0.05, 0.1) is 6.54 Å². The third-order valence-corrected chi connectivity index (χ3v) is 2.95. The lowest BCUT2D eigenvalue weighted by atomic mass is 10.1. The van der Waals surface area contributed by atoms with E-state index in [4.69, 9.17) is 0 Å². The molecule has 1 N–H and O–H groups in total. The van der Waals surface area contributed by atoms with Crippen LogP contribution in [0.5, 0.6) is 0 Å². The number of ketones is 1. The fourth-order valence-electron chi connectivity index (χ4n) is 1.90. The van der Waals surface area contributed by atoms with Crippen LogP contribution in [0.25, 0.3) is 0 Å². The molecule has 1 rings (SSSR count). The van der Waals surface area contributed by atoms with Gasteiger partial charge in [-0.2, -0.15) is 0 Å². The Morgan fingerprint density at radius 1 is 1.41 bits per heavy atom. The Morgan fingerprint density at radius 3 is 2.53 bits per heavy atom. The maximum Gasteiger partial charge on any atom is 0.178 e. The molecule has 96 valence electrons. The van der Waals surface area contributed by atoms with Crippen LogP contribution >= 0.6 is 0 Å². The van der Waals surface area contributed by atoms with Crippen molar-refractivity contribution in [1.29, 1.82) is 0 Å². The van der Waals surface area contributed by atoms with Gasteiger partial charge in [0.1, 0.15) is 0 Å². The number of hydrogen-bond donors (Lipinski definition) is 1. The van der Waals surface area contributed by atoms with Crippen molar-refractivity contribution in [3.8, 4) is 0 Å². The molecule has 0 aromatic carbocycles. The molecule has 0 unspecified atom stereocenters. The van der Waals surface area contributed by atoms with Crippen molar-refractivity contribution in [2.24, 2.45) is 5.92 Å². The highest BCUT2D eigenvalue weighted by molar-refractivity contribution is 5.98. The molecule has 3 heteroatoms. The molecule has 0 spiro atoms. The van der Waals surface area contributed by atoms with E-state index < -0.39 is 0 Å². The van der Waals surface area contributed by atoms with Gasteiger partial charge in [0.2, 0.25) is 0 Å². The summed E-state index contributed by atoms with van der Waals surface area (Å²) in [4.78, 5) is 17.3. The summed E-state index contributed by atoms with van der Waals surface area (Å²) < 4.78 is 0. The van der Waals surface area contributed by atoms with Gasteiger partial charge in [0.15, 0.2) is 5.78 Å². The molecule has 0 amide bonds. The number of rotatable bonds is 6. The highest BCUT2D eigenvalue weighted by Gasteiger charge is 2.13. The van der Waals surface area contributed by atoms with Crippen LogP contribution in [0.4, 0.5) is 0 Å². The van der Waals surface area contributed by atoms with Crippen LogP contribution in [0, 0.1) is 19.8 Å². The van der Waals surface area contributed by atoms with Crippen molar-refractivity contribution in [2.75, 3.05) is 20.1 Å². The van der Waals surface area contributed by atoms with E-state index in [0.29, 0.717) is 12.5 Å². The number of nitrogens with one attached hydrogen (secondary N) is 1. The standard InChI is InChI=1S/C14H24N2O/c1-10(2)6-7-16(5)9-14(17)13-8-11(3)15-12(13)4/h8,10,15H,6-7,9H2,1-5H3. The summed E-state index contributed by atoms with van der Waals surface area (Å²) in [6.45, 7) is 9.82. The van der Waals surface area contributed by atoms with Gasteiger partial charge in [-0.25, -0.2) is 0 Å². The van der Waals surface area contributed by atoms with Crippen molar-refractivity contribution in [2.45, 2.75) is 34.1 Å². The minimum Gasteiger partial charge on any atom is -0.362 e. The minimum atomic E-state index is 0.207. The van der Waals surface area contributed by atoms with Gasteiger partial charge in [-0.05, 0) is 45.8 Å². The predicted octanol–water partition coefficient (Wildman–Crippen LogP) is 2.79. The van der Waals surface area contributed by atoms with Crippen LogP contribution in [-0.2, 0) is 0 Å². The number of aryl methyl sites for hydroxylation is 2. The van der Waals surface area contributed by atoms with Gasteiger partial charge in [0.25, 0.3) is 0 Å². The summed E-state index contributed by atoms with van der Waals surface area (Å²) >= 11 is 0. The zero-order chi connectivity index (χ0) is 13.0. The van der Waals surface area contributed by atoms with E-state index in [2.05, 4.69) is 23.7 Å². The second kappa shape index (κ2) is 6.01. The van der Waals surface area contributed by atoms with E-state index >= 15 is 0 Å². The lowest BCUT2D eigenvalue weighted by Crippen LogP contribution is -2.27. The van der Waals surface area contributed by atoms with E-state index in [9.17, 15) is 4.79 Å². The topological polar surface area (TPSA) is 36.1 Å². The first-order valence-corrected chi connectivity index (χ1v) is 6.28. The number of Topliss-reactive ketones (excluding diaryl/α,β-unsaturated/α-hetero) is 1. The molecule has 0 aliphatic carbocycles. The molecule has 0 saturated carbocycles. The first-order valence-electron chi connectivity index (χ1n) is 6.28. The number of aromatic nitrogens is 1. The third kappa shape index (κ3) is 4.35. The summed E-state index contributed by atoms with van der Waals surface area (Å²) in [6, 6.07) is 1.94. The van der Waals surface area contributed by atoms with E-state index in [-0.39, 0.29) is 5.78 Å². The van der Waals surface area contributed by atoms with E-state index in [0.717, 1.165) is 29.9 Å². The first-order chi connectivity index (χ1) is 7.90. The number of likely N-dealkylation sites (N-methyl/N-ethyl adjacent to an activating group) is 1. The number of hydrogen-bond acceptors (Lipinski definition) is 2. The van der Waals surface area contributed by atoms with E-state index in [1.807, 2.05) is 27.0 Å². The molecule has 17 heavy (non-hydrogen) atoms. The molecule has 0 aliphatic rings. The maximum atomic E-state index is 12.1. The maximum absolute atomic E-state index is 12.1. The van der Waals surface area contributed by atoms with Crippen LogP contribution in [0.2, 0.25) is 0 Å². The molecule has 0 aliphatic heterocycles. The van der Waals surface area contributed by atoms with Crippen molar-refractivity contribution < 1.29 is 4.79 Å². The lowest BCUT2D eigenvalue weighted by molar-refractivity contribution is 0.0943. The smallest absolute Gasteiger partial charge is 0.178 e. The quantitative estimate of drug-likeness (QED) is 0.771. The average molecular weight is 236 g/mol. The molecular weight excluding hydrogens is 212 g/mol. The van der Waals surface area contributed by atoms with Crippen LogP contribution in [0.15, 0.2) is 6.07 Å². The molecule has 0 radical (unpaired) electrons. The SMILES string of the molecule is Cc1cc(C(=O)CN(C)CCC(C)C)c(C)[nH]1. The van der Waals surface area contributed by atoms with Crippen molar-refractivity contribution in [1.82, 2.24) is 9.88 Å². The van der Waals surface area contributed by atoms with Crippen molar-refractivity contribution >= 4 is 5.78 Å². The number of nitrogens with zero attached hydrogens (tertiary/aromatic N) is 1. The summed E-state index contributed by atoms with van der Waals surface area (Å²) in [7, 11) is 2.01. The molecule has 1 aromatic heterocycles. The molecule has 0 atom stereocenters. The van der Waals surface area contributed by atoms with Gasteiger partial charge in [0, 0.05) is 17.0 Å². The summed E-state index contributed by atoms with van der Waals surface area (Å²) in [5.41, 5.74) is 2.86. The van der Waals surface area contributed by atoms with Crippen molar-refractivity contribution in [3.05, 3.63) is 23.0 Å². The Bertz CT molecular complexity index is 380. The second-order valence-corrected chi connectivity index (χ2v) is 5.33. The van der Waals surface area contributed by atoms with Gasteiger partial charge in [-0.1, -0.05) is 13.8 Å². The van der Waals surface area contributed by atoms with Crippen molar-refractivity contribution in [3.63, 3.8) is 0 Å². The lowest BCUT2D eigenvalue weighted by Gasteiger charge is -2.16. The Balaban J connectivity index is 2.51. The van der Waals surface area contributed by atoms with Gasteiger partial charge in [-0.15, -0.1) is 0 Å². The Morgan fingerprint density at radius 2 is 2.06 bits per heavy atom. The molecule has 1 heterocycles. The molecule has 0 fully saturated rings. The first kappa shape index (κ1) is 14.0. The number of carbonyl (C=O) groups excluding carboxylic acids is 1. The molecule has 3 nitrogen and oxygen atoms in total. The van der Waals surface area contributed by atoms with Crippen LogP contribution in [0.1, 0.15) is 42.0 Å². The Hall–Kier alpha value is -1.09. The number of H-pyrrole nitrogens is 1. The van der Waals surface area contributed by atoms with Crippen LogP contribution in [0.3, 0.4) is 0 Å². The summed E-state index contributed by atoms with van der Waals surface area (Å²) in [6.07, 6.45) is 1.13. The monoisotopic (exact) mass is 236 g/mol. The van der Waals surface area contributed by atoms with Gasteiger partial charge in [-0.3, -0.25) is 9.69 Å². The van der Waals surface area contributed by atoms with Crippen LogP contribution < -0.4 is 0 Å². The fourth-order valence-corrected chi connectivity index (χ4v) is 1.90. The van der Waals surface area contributed by atoms with E-state index in [1.165, 1.54) is 0 Å². The molecule has 0 saturated heterocycles. The molecule has 0 bridgehead atoms. The molecule has 1 aromatic rings. The average Bonchev–Trinajstić information content (AvgIpc) is 2.55. The Labute approximate surface area is 104 Å². The Kier molecular flexibility index (Phi) is 4.94. The van der Waals surface area contributed by atoms with Gasteiger partial charge >= 0.3 is 0 Å². The zero-order valence-electron chi connectivity index (χ0n) is 11.6. The fraction of sp³-hybridized carbons (Fsp3) is 0.643. The highest BCUT2D eigenvalue weighted by atomic mass is 16.1. The van der Waals surface area contributed by atoms with Gasteiger partial charge < -0.3 is 4.98 Å². The molecular formula is C14H24N2O. The summed E-state index contributed by atoms with van der Waals surface area (Å²) in [5, 5.41) is 0. The minimum absolute atomic E-state index is 0.207. The zero-order valence-corrected chi connectivity index (χ0v) is 11.6. The second-order valence-electron chi connectivity index (χ2n) is 5.33. The normalized spacial score (nSPS) is 11.5. The largest absolute Gasteiger partial charge is 0.362 e. The number of aromatic amines is 1. The third-order valence-electron chi connectivity index (χ3n) is 2.95.